The van der Waals surface area contributed by atoms with E-state index in [-0.39, 0.29) is 18.1 Å². The van der Waals surface area contributed by atoms with Gasteiger partial charge in [-0.15, -0.1) is 0 Å². The third-order valence-electron chi connectivity index (χ3n) is 4.41. The average molecular weight is 319 g/mol. The molecule has 0 bridgehead atoms. The first-order valence-electron chi connectivity index (χ1n) is 7.91. The van der Waals surface area contributed by atoms with Crippen LogP contribution in [-0.4, -0.2) is 53.3 Å². The van der Waals surface area contributed by atoms with Crippen LogP contribution in [0.3, 0.4) is 0 Å². The van der Waals surface area contributed by atoms with Gasteiger partial charge in [0.15, 0.2) is 6.10 Å². The maximum Gasteiger partial charge on any atom is 0.332 e. The number of hydrogen-bond donors (Lipinski definition) is 1. The van der Waals surface area contributed by atoms with E-state index in [0.29, 0.717) is 26.0 Å². The number of rotatable bonds is 3. The largest absolute Gasteiger partial charge is 0.479 e. The number of carboxylic acids is 1. The van der Waals surface area contributed by atoms with E-state index >= 15 is 0 Å². The third-order valence-corrected chi connectivity index (χ3v) is 4.41. The Labute approximate surface area is 135 Å². The van der Waals surface area contributed by atoms with Gasteiger partial charge >= 0.3 is 5.97 Å². The second-order valence-corrected chi connectivity index (χ2v) is 6.09. The molecule has 1 aromatic rings. The number of hydrogen-bond acceptors (Lipinski definition) is 4. The number of carbonyl (C=O) groups excluding carboxylic acids is 1. The highest BCUT2D eigenvalue weighted by molar-refractivity contribution is 5.83. The van der Waals surface area contributed by atoms with E-state index in [2.05, 4.69) is 0 Å². The molecule has 1 amide bonds. The van der Waals surface area contributed by atoms with Gasteiger partial charge in [0.2, 0.25) is 0 Å². The maximum atomic E-state index is 12.9. The number of ether oxygens (including phenoxy) is 2. The normalized spacial score (nSPS) is 31.1. The van der Waals surface area contributed by atoms with E-state index in [1.165, 1.54) is 0 Å². The Bertz CT molecular complexity index is 576. The second-order valence-electron chi connectivity index (χ2n) is 6.09. The molecule has 0 aliphatic carbocycles. The number of benzene rings is 1. The maximum absolute atomic E-state index is 12.9. The molecule has 2 fully saturated rings. The van der Waals surface area contributed by atoms with Gasteiger partial charge in [0, 0.05) is 6.54 Å². The van der Waals surface area contributed by atoms with Crippen molar-refractivity contribution in [2.24, 2.45) is 0 Å². The zero-order valence-electron chi connectivity index (χ0n) is 13.1. The predicted molar refractivity (Wildman–Crippen MR) is 81.8 cm³/mol. The Kier molecular flexibility index (Phi) is 4.63. The van der Waals surface area contributed by atoms with Crippen molar-refractivity contribution in [1.29, 1.82) is 0 Å². The topological polar surface area (TPSA) is 76.1 Å². The summed E-state index contributed by atoms with van der Waals surface area (Å²) in [4.78, 5) is 25.6. The number of carbonyl (C=O) groups is 2. The van der Waals surface area contributed by atoms with Crippen LogP contribution in [-0.2, 0) is 19.1 Å². The van der Waals surface area contributed by atoms with E-state index in [4.69, 9.17) is 14.6 Å². The molecule has 23 heavy (non-hydrogen) atoms. The lowest BCUT2D eigenvalue weighted by Crippen LogP contribution is -2.50. The minimum atomic E-state index is -1.00. The van der Waals surface area contributed by atoms with Crippen molar-refractivity contribution < 1.29 is 24.2 Å². The summed E-state index contributed by atoms with van der Waals surface area (Å²) >= 11 is 0. The molecule has 2 heterocycles. The van der Waals surface area contributed by atoms with E-state index < -0.39 is 18.2 Å². The van der Waals surface area contributed by atoms with Crippen LogP contribution in [0.25, 0.3) is 0 Å². The Morgan fingerprint density at radius 3 is 2.52 bits per heavy atom. The van der Waals surface area contributed by atoms with Crippen LogP contribution in [0.4, 0.5) is 0 Å². The summed E-state index contributed by atoms with van der Waals surface area (Å²) in [6.45, 7) is 2.85. The van der Waals surface area contributed by atoms with Crippen LogP contribution in [0.1, 0.15) is 31.4 Å². The SMILES string of the molecule is CC1CN(C(=O)[C@@H]2CC[C@H](C(=O)O)O2)C(c2ccccc2)CO1. The number of aliphatic carboxylic acids is 1. The first-order valence-corrected chi connectivity index (χ1v) is 7.91. The van der Waals surface area contributed by atoms with Crippen molar-refractivity contribution >= 4 is 11.9 Å². The van der Waals surface area contributed by atoms with E-state index in [9.17, 15) is 9.59 Å². The molecule has 1 aromatic carbocycles. The first kappa shape index (κ1) is 16.0. The van der Waals surface area contributed by atoms with Gasteiger partial charge in [0.25, 0.3) is 5.91 Å². The molecule has 2 unspecified atom stereocenters. The van der Waals surface area contributed by atoms with Crippen molar-refractivity contribution in [3.63, 3.8) is 0 Å². The van der Waals surface area contributed by atoms with Crippen molar-refractivity contribution in [1.82, 2.24) is 4.90 Å². The van der Waals surface area contributed by atoms with Crippen molar-refractivity contribution in [3.8, 4) is 0 Å². The predicted octanol–water partition coefficient (Wildman–Crippen LogP) is 1.61. The summed E-state index contributed by atoms with van der Waals surface area (Å²) in [5.74, 6) is -1.15. The Morgan fingerprint density at radius 2 is 1.87 bits per heavy atom. The van der Waals surface area contributed by atoms with Crippen LogP contribution >= 0.6 is 0 Å². The monoisotopic (exact) mass is 319 g/mol. The van der Waals surface area contributed by atoms with Gasteiger partial charge < -0.3 is 19.5 Å². The van der Waals surface area contributed by atoms with Gasteiger partial charge in [0.05, 0.1) is 18.8 Å². The molecular weight excluding hydrogens is 298 g/mol. The van der Waals surface area contributed by atoms with Gasteiger partial charge in [-0.2, -0.15) is 0 Å². The minimum Gasteiger partial charge on any atom is -0.479 e. The molecule has 0 saturated carbocycles. The highest BCUT2D eigenvalue weighted by Crippen LogP contribution is 2.30. The molecule has 0 aromatic heterocycles. The van der Waals surface area contributed by atoms with E-state index in [1.54, 1.807) is 4.90 Å². The molecule has 0 radical (unpaired) electrons. The first-order chi connectivity index (χ1) is 11.1. The number of carboxylic acid groups (broad SMARTS) is 1. The van der Waals surface area contributed by atoms with Crippen LogP contribution in [0, 0.1) is 0 Å². The minimum absolute atomic E-state index is 0.0458. The summed E-state index contributed by atoms with van der Waals surface area (Å²) in [5, 5.41) is 9.03. The third kappa shape index (κ3) is 3.38. The average Bonchev–Trinajstić information content (AvgIpc) is 3.05. The van der Waals surface area contributed by atoms with Crippen LogP contribution < -0.4 is 0 Å². The molecular formula is C17H21NO5. The van der Waals surface area contributed by atoms with Crippen LogP contribution in [0.5, 0.6) is 0 Å². The molecule has 3 rings (SSSR count). The van der Waals surface area contributed by atoms with Gasteiger partial charge in [-0.25, -0.2) is 4.79 Å². The van der Waals surface area contributed by atoms with Crippen molar-refractivity contribution in [2.75, 3.05) is 13.2 Å². The highest BCUT2D eigenvalue weighted by Gasteiger charge is 2.40. The molecule has 2 saturated heterocycles. The van der Waals surface area contributed by atoms with Gasteiger partial charge in [-0.1, -0.05) is 30.3 Å². The fourth-order valence-corrected chi connectivity index (χ4v) is 3.18. The van der Waals surface area contributed by atoms with Crippen molar-refractivity contribution in [2.45, 2.75) is 44.1 Å². The summed E-state index contributed by atoms with van der Waals surface area (Å²) in [7, 11) is 0. The van der Waals surface area contributed by atoms with E-state index in [1.807, 2.05) is 37.3 Å². The molecule has 0 spiro atoms. The molecule has 2 aliphatic heterocycles. The van der Waals surface area contributed by atoms with Gasteiger partial charge in [-0.05, 0) is 25.3 Å². The van der Waals surface area contributed by atoms with Crippen molar-refractivity contribution in [3.05, 3.63) is 35.9 Å². The summed E-state index contributed by atoms with van der Waals surface area (Å²) in [5.41, 5.74) is 1.01. The standard InChI is InChI=1S/C17H21NO5/c1-11-9-18(13(10-22-11)12-5-3-2-4-6-12)16(19)14-7-8-15(23-14)17(20)21/h2-6,11,13-15H,7-10H2,1H3,(H,20,21)/t11?,13?,14-,15+/m0/s1. The molecule has 2 aliphatic rings. The molecule has 1 N–H and O–H groups in total. The Morgan fingerprint density at radius 1 is 1.17 bits per heavy atom. The summed E-state index contributed by atoms with van der Waals surface area (Å²) in [6.07, 6.45) is -0.772. The zero-order valence-corrected chi connectivity index (χ0v) is 13.1. The van der Waals surface area contributed by atoms with Crippen LogP contribution in [0.2, 0.25) is 0 Å². The number of morpholine rings is 1. The Balaban J connectivity index is 1.77. The van der Waals surface area contributed by atoms with Crippen LogP contribution in [0.15, 0.2) is 30.3 Å². The summed E-state index contributed by atoms with van der Waals surface area (Å²) < 4.78 is 11.1. The summed E-state index contributed by atoms with van der Waals surface area (Å²) in [6, 6.07) is 9.58. The molecule has 4 atom stereocenters. The molecule has 124 valence electrons. The van der Waals surface area contributed by atoms with Gasteiger partial charge in [0.1, 0.15) is 6.10 Å². The Hall–Kier alpha value is -1.92. The number of nitrogens with zero attached hydrogens (tertiary/aromatic N) is 1. The fourth-order valence-electron chi connectivity index (χ4n) is 3.18. The number of amides is 1. The zero-order chi connectivity index (χ0) is 16.4. The smallest absolute Gasteiger partial charge is 0.332 e. The van der Waals surface area contributed by atoms with E-state index in [0.717, 1.165) is 5.56 Å². The molecule has 6 nitrogen and oxygen atoms in total. The highest BCUT2D eigenvalue weighted by atomic mass is 16.5. The quantitative estimate of drug-likeness (QED) is 0.916. The molecule has 6 heteroatoms. The lowest BCUT2D eigenvalue weighted by Gasteiger charge is -2.40. The van der Waals surface area contributed by atoms with Gasteiger partial charge in [-0.3, -0.25) is 4.79 Å². The lowest BCUT2D eigenvalue weighted by molar-refractivity contribution is -0.161. The lowest BCUT2D eigenvalue weighted by atomic mass is 10.0. The fraction of sp³-hybridized carbons (Fsp3) is 0.529. The second kappa shape index (κ2) is 6.68.